The Bertz CT molecular complexity index is 451. The molecule has 0 fully saturated rings. The molecule has 1 aromatic heterocycles. The Kier molecular flexibility index (Phi) is 3.32. The molecule has 16 heavy (non-hydrogen) atoms. The molecule has 1 unspecified atom stereocenters. The van der Waals surface area contributed by atoms with Gasteiger partial charge >= 0.3 is 0 Å². The number of nitrogens with zero attached hydrogens (tertiary/aromatic N) is 1. The Labute approximate surface area is 96.4 Å². The van der Waals surface area contributed by atoms with Crippen molar-refractivity contribution in [3.8, 4) is 0 Å². The van der Waals surface area contributed by atoms with Gasteiger partial charge in [-0.3, -0.25) is 4.98 Å². The maximum atomic E-state index is 4.17. The van der Waals surface area contributed by atoms with E-state index in [1.54, 1.807) is 6.20 Å². The molecule has 0 radical (unpaired) electrons. The molecule has 0 aliphatic rings. The van der Waals surface area contributed by atoms with E-state index in [2.05, 4.69) is 47.6 Å². The van der Waals surface area contributed by atoms with Crippen LogP contribution >= 0.6 is 0 Å². The molecule has 2 aromatic rings. The number of aromatic nitrogens is 1. The zero-order valence-electron chi connectivity index (χ0n) is 9.64. The number of rotatable bonds is 3. The summed E-state index contributed by atoms with van der Waals surface area (Å²) in [6.45, 7) is 2.13. The first-order chi connectivity index (χ1) is 7.83. The van der Waals surface area contributed by atoms with E-state index in [1.165, 1.54) is 16.7 Å². The maximum absolute atomic E-state index is 4.17. The van der Waals surface area contributed by atoms with Crippen LogP contribution in [0.15, 0.2) is 48.8 Å². The van der Waals surface area contributed by atoms with Crippen molar-refractivity contribution in [3.05, 3.63) is 65.5 Å². The molecule has 2 heteroatoms. The van der Waals surface area contributed by atoms with Crippen molar-refractivity contribution >= 4 is 0 Å². The van der Waals surface area contributed by atoms with Gasteiger partial charge in [0.2, 0.25) is 0 Å². The highest BCUT2D eigenvalue weighted by Crippen LogP contribution is 2.23. The van der Waals surface area contributed by atoms with Crippen molar-refractivity contribution in [3.63, 3.8) is 0 Å². The third kappa shape index (κ3) is 2.12. The van der Waals surface area contributed by atoms with Crippen molar-refractivity contribution < 1.29 is 0 Å². The molecule has 2 nitrogen and oxygen atoms in total. The summed E-state index contributed by atoms with van der Waals surface area (Å²) < 4.78 is 0. The molecule has 0 aliphatic heterocycles. The van der Waals surface area contributed by atoms with Crippen molar-refractivity contribution in [2.24, 2.45) is 0 Å². The SMILES string of the molecule is CNC(c1cccnc1)c1ccccc1C. The molecule has 1 aromatic carbocycles. The van der Waals surface area contributed by atoms with Gasteiger partial charge in [-0.1, -0.05) is 30.3 Å². The van der Waals surface area contributed by atoms with E-state index >= 15 is 0 Å². The predicted molar refractivity (Wildman–Crippen MR) is 66.3 cm³/mol. The zero-order chi connectivity index (χ0) is 11.4. The summed E-state index contributed by atoms with van der Waals surface area (Å²) in [7, 11) is 1.98. The van der Waals surface area contributed by atoms with E-state index in [1.807, 2.05) is 19.3 Å². The molecule has 0 saturated carbocycles. The van der Waals surface area contributed by atoms with Gasteiger partial charge in [-0.2, -0.15) is 0 Å². The van der Waals surface area contributed by atoms with Crippen LogP contribution in [0.25, 0.3) is 0 Å². The second-order valence-corrected chi connectivity index (χ2v) is 3.86. The molecule has 2 rings (SSSR count). The number of nitrogens with one attached hydrogen (secondary N) is 1. The lowest BCUT2D eigenvalue weighted by atomic mass is 9.96. The number of benzene rings is 1. The number of hydrogen-bond acceptors (Lipinski definition) is 2. The average Bonchev–Trinajstić information content (AvgIpc) is 2.34. The molecular formula is C14H16N2. The second kappa shape index (κ2) is 4.90. The number of hydrogen-bond donors (Lipinski definition) is 1. The quantitative estimate of drug-likeness (QED) is 0.846. The Morgan fingerprint density at radius 2 is 1.94 bits per heavy atom. The molecule has 0 saturated heterocycles. The second-order valence-electron chi connectivity index (χ2n) is 3.86. The summed E-state index contributed by atoms with van der Waals surface area (Å²) in [5.74, 6) is 0. The Balaban J connectivity index is 2.41. The van der Waals surface area contributed by atoms with Crippen LogP contribution in [0.5, 0.6) is 0 Å². The summed E-state index contributed by atoms with van der Waals surface area (Å²) in [5.41, 5.74) is 3.79. The third-order valence-electron chi connectivity index (χ3n) is 2.81. The van der Waals surface area contributed by atoms with E-state index in [0.717, 1.165) is 0 Å². The molecule has 1 atom stereocenters. The summed E-state index contributed by atoms with van der Waals surface area (Å²) in [4.78, 5) is 4.17. The van der Waals surface area contributed by atoms with Gasteiger partial charge in [-0.05, 0) is 36.7 Å². The summed E-state index contributed by atoms with van der Waals surface area (Å²) in [6, 6.07) is 12.7. The van der Waals surface area contributed by atoms with Crippen LogP contribution in [-0.4, -0.2) is 12.0 Å². The monoisotopic (exact) mass is 212 g/mol. The van der Waals surface area contributed by atoms with Gasteiger partial charge < -0.3 is 5.32 Å². The third-order valence-corrected chi connectivity index (χ3v) is 2.81. The molecule has 0 aliphatic carbocycles. The van der Waals surface area contributed by atoms with Gasteiger partial charge in [-0.15, -0.1) is 0 Å². The molecular weight excluding hydrogens is 196 g/mol. The van der Waals surface area contributed by atoms with Gasteiger partial charge in [0.15, 0.2) is 0 Å². The van der Waals surface area contributed by atoms with Crippen LogP contribution in [0.3, 0.4) is 0 Å². The van der Waals surface area contributed by atoms with Gasteiger partial charge in [0.05, 0.1) is 6.04 Å². The summed E-state index contributed by atoms with van der Waals surface area (Å²) in [5, 5.41) is 3.34. The van der Waals surface area contributed by atoms with Crippen LogP contribution < -0.4 is 5.32 Å². The Hall–Kier alpha value is -1.67. The standard InChI is InChI=1S/C14H16N2/c1-11-6-3-4-8-13(11)14(15-2)12-7-5-9-16-10-12/h3-10,14-15H,1-2H3. The van der Waals surface area contributed by atoms with Crippen molar-refractivity contribution in [2.75, 3.05) is 7.05 Å². The van der Waals surface area contributed by atoms with Gasteiger partial charge in [0, 0.05) is 12.4 Å². The predicted octanol–water partition coefficient (Wildman–Crippen LogP) is 2.70. The first-order valence-electron chi connectivity index (χ1n) is 5.45. The average molecular weight is 212 g/mol. The Morgan fingerprint density at radius 3 is 2.56 bits per heavy atom. The van der Waals surface area contributed by atoms with Crippen molar-refractivity contribution in [2.45, 2.75) is 13.0 Å². The smallest absolute Gasteiger partial charge is 0.0592 e. The number of pyridine rings is 1. The van der Waals surface area contributed by atoms with Crippen LogP contribution in [0.4, 0.5) is 0 Å². The summed E-state index contributed by atoms with van der Waals surface area (Å²) in [6.07, 6.45) is 3.71. The molecule has 1 N–H and O–H groups in total. The van der Waals surface area contributed by atoms with Crippen LogP contribution in [-0.2, 0) is 0 Å². The van der Waals surface area contributed by atoms with Gasteiger partial charge in [-0.25, -0.2) is 0 Å². The van der Waals surface area contributed by atoms with Crippen LogP contribution in [0, 0.1) is 6.92 Å². The van der Waals surface area contributed by atoms with Crippen molar-refractivity contribution in [1.29, 1.82) is 0 Å². The largest absolute Gasteiger partial charge is 0.309 e. The highest BCUT2D eigenvalue weighted by molar-refractivity contribution is 5.35. The van der Waals surface area contributed by atoms with Crippen molar-refractivity contribution in [1.82, 2.24) is 10.3 Å². The molecule has 0 amide bonds. The topological polar surface area (TPSA) is 24.9 Å². The minimum absolute atomic E-state index is 0.218. The van der Waals surface area contributed by atoms with E-state index in [-0.39, 0.29) is 6.04 Å². The fourth-order valence-electron chi connectivity index (χ4n) is 1.96. The lowest BCUT2D eigenvalue weighted by Gasteiger charge is -2.18. The molecule has 0 spiro atoms. The normalized spacial score (nSPS) is 12.4. The fraction of sp³-hybridized carbons (Fsp3) is 0.214. The first kappa shape index (κ1) is 10.8. The fourth-order valence-corrected chi connectivity index (χ4v) is 1.96. The maximum Gasteiger partial charge on any atom is 0.0592 e. The van der Waals surface area contributed by atoms with Crippen LogP contribution in [0.1, 0.15) is 22.7 Å². The van der Waals surface area contributed by atoms with E-state index in [0.29, 0.717) is 0 Å². The van der Waals surface area contributed by atoms with E-state index in [9.17, 15) is 0 Å². The first-order valence-corrected chi connectivity index (χ1v) is 5.45. The lowest BCUT2D eigenvalue weighted by molar-refractivity contribution is 0.684. The lowest BCUT2D eigenvalue weighted by Crippen LogP contribution is -2.18. The highest BCUT2D eigenvalue weighted by Gasteiger charge is 2.13. The molecule has 0 bridgehead atoms. The molecule has 82 valence electrons. The van der Waals surface area contributed by atoms with E-state index in [4.69, 9.17) is 0 Å². The van der Waals surface area contributed by atoms with Gasteiger partial charge in [0.25, 0.3) is 0 Å². The molecule has 1 heterocycles. The summed E-state index contributed by atoms with van der Waals surface area (Å²) >= 11 is 0. The van der Waals surface area contributed by atoms with Gasteiger partial charge in [0.1, 0.15) is 0 Å². The minimum atomic E-state index is 0.218. The van der Waals surface area contributed by atoms with E-state index < -0.39 is 0 Å². The zero-order valence-corrected chi connectivity index (χ0v) is 9.64. The van der Waals surface area contributed by atoms with Crippen LogP contribution in [0.2, 0.25) is 0 Å². The number of aryl methyl sites for hydroxylation is 1. The minimum Gasteiger partial charge on any atom is -0.309 e. The highest BCUT2D eigenvalue weighted by atomic mass is 14.9. The Morgan fingerprint density at radius 1 is 1.12 bits per heavy atom.